The predicted octanol–water partition coefficient (Wildman–Crippen LogP) is 2.49. The molecule has 1 unspecified atom stereocenters. The fourth-order valence-corrected chi connectivity index (χ4v) is 3.48. The van der Waals surface area contributed by atoms with Crippen molar-refractivity contribution in [2.24, 2.45) is 0 Å². The second-order valence-electron chi connectivity index (χ2n) is 6.07. The average molecular weight is 332 g/mol. The number of rotatable bonds is 8. The van der Waals surface area contributed by atoms with Crippen LogP contribution in [0.2, 0.25) is 0 Å². The van der Waals surface area contributed by atoms with Gasteiger partial charge in [-0.25, -0.2) is 4.72 Å². The van der Waals surface area contributed by atoms with Crippen LogP contribution in [0.5, 0.6) is 0 Å². The number of benzene rings is 1. The van der Waals surface area contributed by atoms with E-state index in [9.17, 15) is 8.76 Å². The van der Waals surface area contributed by atoms with Gasteiger partial charge in [-0.2, -0.15) is 0 Å². The molecule has 3 rings (SSSR count). The summed E-state index contributed by atoms with van der Waals surface area (Å²) in [5.41, 5.74) is 3.90. The van der Waals surface area contributed by atoms with Crippen LogP contribution in [0.15, 0.2) is 30.5 Å². The van der Waals surface area contributed by atoms with E-state index in [0.29, 0.717) is 6.54 Å². The second kappa shape index (κ2) is 7.97. The molecule has 23 heavy (non-hydrogen) atoms. The second-order valence-corrected chi connectivity index (χ2v) is 6.83. The first-order valence-electron chi connectivity index (χ1n) is 8.14. The lowest BCUT2D eigenvalue weighted by molar-refractivity contribution is 0.276. The highest BCUT2D eigenvalue weighted by atomic mass is 32.2. The SMILES string of the molecule is O=S([O-])NCCCCCCN1Cc2cc3cccnc3cc2C1. The minimum atomic E-state index is -2.12. The standard InChI is InChI=1S/C17H23N3O2S/c21-23(22)19-8-3-1-2-4-9-20-12-15-10-14-6-5-7-18-17(14)11-16(15)13-20/h5-7,10-11,19H,1-4,8-9,12-13H2,(H,21,22)/p-1. The zero-order valence-electron chi connectivity index (χ0n) is 13.2. The quantitative estimate of drug-likeness (QED) is 0.596. The van der Waals surface area contributed by atoms with Gasteiger partial charge in [0.25, 0.3) is 0 Å². The number of nitrogens with zero attached hydrogens (tertiary/aromatic N) is 2. The van der Waals surface area contributed by atoms with Crippen LogP contribution in [-0.2, 0) is 24.4 Å². The van der Waals surface area contributed by atoms with Gasteiger partial charge < -0.3 is 4.55 Å². The molecule has 1 atom stereocenters. The number of aromatic nitrogens is 1. The molecule has 1 aromatic carbocycles. The minimum Gasteiger partial charge on any atom is -0.760 e. The average Bonchev–Trinajstić information content (AvgIpc) is 2.92. The molecule has 0 aliphatic carbocycles. The van der Waals surface area contributed by atoms with Crippen molar-refractivity contribution in [2.75, 3.05) is 13.1 Å². The highest BCUT2D eigenvalue weighted by Crippen LogP contribution is 2.27. The Bertz CT molecular complexity index is 648. The molecular weight excluding hydrogens is 310 g/mol. The number of unbranched alkanes of at least 4 members (excludes halogenated alkanes) is 3. The zero-order valence-corrected chi connectivity index (χ0v) is 14.0. The first-order valence-corrected chi connectivity index (χ1v) is 9.21. The molecule has 0 fully saturated rings. The lowest BCUT2D eigenvalue weighted by Crippen LogP contribution is -2.18. The highest BCUT2D eigenvalue weighted by Gasteiger charge is 2.19. The Balaban J connectivity index is 1.41. The summed E-state index contributed by atoms with van der Waals surface area (Å²) < 4.78 is 23.1. The topological polar surface area (TPSA) is 68.3 Å². The van der Waals surface area contributed by atoms with Crippen molar-refractivity contribution in [3.8, 4) is 0 Å². The molecule has 1 aliphatic heterocycles. The molecule has 6 heteroatoms. The van der Waals surface area contributed by atoms with Gasteiger partial charge in [0.2, 0.25) is 0 Å². The summed E-state index contributed by atoms with van der Waals surface area (Å²) in [6.07, 6.45) is 6.12. The maximum atomic E-state index is 10.3. The summed E-state index contributed by atoms with van der Waals surface area (Å²) in [5.74, 6) is 0. The van der Waals surface area contributed by atoms with E-state index in [0.717, 1.165) is 50.8 Å². The fourth-order valence-electron chi connectivity index (χ4n) is 3.17. The lowest BCUT2D eigenvalue weighted by atomic mass is 10.1. The van der Waals surface area contributed by atoms with Crippen LogP contribution in [0.25, 0.3) is 10.9 Å². The third-order valence-electron chi connectivity index (χ3n) is 4.33. The van der Waals surface area contributed by atoms with Gasteiger partial charge in [0.15, 0.2) is 0 Å². The monoisotopic (exact) mass is 332 g/mol. The van der Waals surface area contributed by atoms with Crippen LogP contribution >= 0.6 is 0 Å². The van der Waals surface area contributed by atoms with E-state index in [1.54, 1.807) is 0 Å². The molecular formula is C17H22N3O2S-. The van der Waals surface area contributed by atoms with Gasteiger partial charge in [0.05, 0.1) is 5.52 Å². The Hall–Kier alpha value is -1.34. The zero-order chi connectivity index (χ0) is 16.1. The van der Waals surface area contributed by atoms with Crippen molar-refractivity contribution in [1.82, 2.24) is 14.6 Å². The summed E-state index contributed by atoms with van der Waals surface area (Å²) >= 11 is -2.12. The largest absolute Gasteiger partial charge is 0.760 e. The van der Waals surface area contributed by atoms with Gasteiger partial charge in [0.1, 0.15) is 0 Å². The minimum absolute atomic E-state index is 0.546. The van der Waals surface area contributed by atoms with Gasteiger partial charge in [-0.05, 0) is 48.7 Å². The van der Waals surface area contributed by atoms with Gasteiger partial charge in [0, 0.05) is 42.5 Å². The lowest BCUT2D eigenvalue weighted by Gasteiger charge is -2.14. The smallest absolute Gasteiger partial charge is 0.0705 e. The van der Waals surface area contributed by atoms with Crippen molar-refractivity contribution in [3.63, 3.8) is 0 Å². The van der Waals surface area contributed by atoms with Gasteiger partial charge in [-0.3, -0.25) is 14.1 Å². The van der Waals surface area contributed by atoms with E-state index in [1.807, 2.05) is 12.3 Å². The van der Waals surface area contributed by atoms with Crippen molar-refractivity contribution in [1.29, 1.82) is 0 Å². The summed E-state index contributed by atoms with van der Waals surface area (Å²) in [5, 5.41) is 1.22. The Morgan fingerprint density at radius 1 is 1.17 bits per heavy atom. The van der Waals surface area contributed by atoms with Crippen molar-refractivity contribution in [3.05, 3.63) is 41.6 Å². The van der Waals surface area contributed by atoms with Crippen LogP contribution in [0.4, 0.5) is 0 Å². The van der Waals surface area contributed by atoms with E-state index < -0.39 is 11.3 Å². The first kappa shape index (κ1) is 16.5. The third kappa shape index (κ3) is 4.57. The molecule has 1 N–H and O–H groups in total. The van der Waals surface area contributed by atoms with E-state index in [4.69, 9.17) is 0 Å². The van der Waals surface area contributed by atoms with Crippen molar-refractivity contribution in [2.45, 2.75) is 38.8 Å². The van der Waals surface area contributed by atoms with Gasteiger partial charge in [-0.15, -0.1) is 0 Å². The number of fused-ring (bicyclic) bond motifs is 2. The molecule has 0 saturated carbocycles. The molecule has 2 aromatic rings. The molecule has 0 radical (unpaired) electrons. The molecule has 0 spiro atoms. The highest BCUT2D eigenvalue weighted by molar-refractivity contribution is 7.77. The molecule has 5 nitrogen and oxygen atoms in total. The number of hydrogen-bond acceptors (Lipinski definition) is 4. The third-order valence-corrected chi connectivity index (χ3v) is 4.77. The maximum absolute atomic E-state index is 10.3. The number of pyridine rings is 1. The Labute approximate surface area is 139 Å². The maximum Gasteiger partial charge on any atom is 0.0705 e. The van der Waals surface area contributed by atoms with Gasteiger partial charge in [-0.1, -0.05) is 18.9 Å². The van der Waals surface area contributed by atoms with Crippen LogP contribution < -0.4 is 4.72 Å². The molecule has 0 saturated heterocycles. The molecule has 1 aromatic heterocycles. The van der Waals surface area contributed by atoms with Crippen LogP contribution in [0.1, 0.15) is 36.8 Å². The van der Waals surface area contributed by atoms with E-state index in [2.05, 4.69) is 32.8 Å². The van der Waals surface area contributed by atoms with Crippen molar-refractivity contribution < 1.29 is 8.76 Å². The summed E-state index contributed by atoms with van der Waals surface area (Å²) in [6, 6.07) is 8.60. The normalized spacial score (nSPS) is 15.9. The number of hydrogen-bond donors (Lipinski definition) is 1. The Kier molecular flexibility index (Phi) is 5.72. The summed E-state index contributed by atoms with van der Waals surface area (Å²) in [7, 11) is 0. The molecule has 0 amide bonds. The van der Waals surface area contributed by atoms with Gasteiger partial charge >= 0.3 is 0 Å². The Morgan fingerprint density at radius 3 is 2.78 bits per heavy atom. The molecule has 2 heterocycles. The molecule has 1 aliphatic rings. The van der Waals surface area contributed by atoms with E-state index >= 15 is 0 Å². The van der Waals surface area contributed by atoms with Crippen LogP contribution in [0.3, 0.4) is 0 Å². The summed E-state index contributed by atoms with van der Waals surface area (Å²) in [6.45, 7) is 3.68. The molecule has 124 valence electrons. The Morgan fingerprint density at radius 2 is 1.96 bits per heavy atom. The van der Waals surface area contributed by atoms with Crippen LogP contribution in [0, 0.1) is 0 Å². The molecule has 0 bridgehead atoms. The van der Waals surface area contributed by atoms with Crippen molar-refractivity contribution >= 4 is 22.2 Å². The van der Waals surface area contributed by atoms with E-state index in [-0.39, 0.29) is 0 Å². The summed E-state index contributed by atoms with van der Waals surface area (Å²) in [4.78, 5) is 6.91. The number of nitrogens with one attached hydrogen (secondary N) is 1. The van der Waals surface area contributed by atoms with Crippen LogP contribution in [-0.4, -0.2) is 31.7 Å². The van der Waals surface area contributed by atoms with E-state index in [1.165, 1.54) is 16.5 Å². The predicted molar refractivity (Wildman–Crippen MR) is 91.2 cm³/mol. The fraction of sp³-hybridized carbons (Fsp3) is 0.471. The first-order chi connectivity index (χ1) is 11.2.